The first-order valence-electron chi connectivity index (χ1n) is 8.87. The summed E-state index contributed by atoms with van der Waals surface area (Å²) in [6, 6.07) is 12.3. The van der Waals surface area contributed by atoms with Crippen LogP contribution in [0.3, 0.4) is 0 Å². The first-order valence-corrected chi connectivity index (χ1v) is 8.87. The topological polar surface area (TPSA) is 84.2 Å². The molecule has 1 saturated carbocycles. The van der Waals surface area contributed by atoms with E-state index in [0.29, 0.717) is 0 Å². The fourth-order valence-electron chi connectivity index (χ4n) is 3.02. The standard InChI is InChI=1S/C21H19N3O3/c25-20(23-18-4-2-1-3-17(18)21(26)27)10-8-14-7-9-19-16(11-14)12-22-24(19)13-15-5-6-15/h1-4,7-12,15H,5-6,13H2,(H,23,25)(H,26,27)/b10-8+. The number of nitrogens with one attached hydrogen (secondary N) is 1. The minimum Gasteiger partial charge on any atom is -0.478 e. The number of carboxylic acids is 1. The number of carbonyl (C=O) groups is 2. The van der Waals surface area contributed by atoms with Crippen LogP contribution in [0.1, 0.15) is 28.8 Å². The molecule has 27 heavy (non-hydrogen) atoms. The highest BCUT2D eigenvalue weighted by atomic mass is 16.4. The normalized spacial score (nSPS) is 13.9. The van der Waals surface area contributed by atoms with Gasteiger partial charge < -0.3 is 10.4 Å². The van der Waals surface area contributed by atoms with Gasteiger partial charge in [0.25, 0.3) is 0 Å². The molecule has 0 aliphatic heterocycles. The number of anilines is 1. The van der Waals surface area contributed by atoms with Crippen LogP contribution < -0.4 is 5.32 Å². The molecule has 0 radical (unpaired) electrons. The minimum absolute atomic E-state index is 0.0590. The van der Waals surface area contributed by atoms with E-state index in [-0.39, 0.29) is 17.2 Å². The molecule has 1 amide bonds. The molecule has 1 aromatic heterocycles. The number of fused-ring (bicyclic) bond motifs is 1. The zero-order valence-electron chi connectivity index (χ0n) is 14.6. The fourth-order valence-corrected chi connectivity index (χ4v) is 3.02. The average Bonchev–Trinajstić information content (AvgIpc) is 3.39. The molecule has 1 fully saturated rings. The van der Waals surface area contributed by atoms with Crippen LogP contribution in [0.2, 0.25) is 0 Å². The Labute approximate surface area is 156 Å². The lowest BCUT2D eigenvalue weighted by Crippen LogP contribution is -2.11. The van der Waals surface area contributed by atoms with Crippen molar-refractivity contribution in [1.82, 2.24) is 9.78 Å². The Bertz CT molecular complexity index is 1050. The van der Waals surface area contributed by atoms with Gasteiger partial charge in [-0.2, -0.15) is 5.10 Å². The second kappa shape index (κ2) is 7.07. The summed E-state index contributed by atoms with van der Waals surface area (Å²) in [5.41, 5.74) is 2.31. The third-order valence-electron chi connectivity index (χ3n) is 4.64. The second-order valence-electron chi connectivity index (χ2n) is 6.76. The maximum absolute atomic E-state index is 12.1. The zero-order chi connectivity index (χ0) is 18.8. The lowest BCUT2D eigenvalue weighted by molar-refractivity contribution is -0.111. The van der Waals surface area contributed by atoms with E-state index in [4.69, 9.17) is 0 Å². The number of benzene rings is 2. The van der Waals surface area contributed by atoms with Gasteiger partial charge in [-0.05, 0) is 54.7 Å². The van der Waals surface area contributed by atoms with Crippen LogP contribution in [0.25, 0.3) is 17.0 Å². The van der Waals surface area contributed by atoms with Crippen molar-refractivity contribution in [3.63, 3.8) is 0 Å². The fraction of sp³-hybridized carbons (Fsp3) is 0.190. The number of amides is 1. The summed E-state index contributed by atoms with van der Waals surface area (Å²) in [6.45, 7) is 0.962. The number of nitrogens with zero attached hydrogens (tertiary/aromatic N) is 2. The molecular formula is C21H19N3O3. The quantitative estimate of drug-likeness (QED) is 0.654. The predicted molar refractivity (Wildman–Crippen MR) is 104 cm³/mol. The first-order chi connectivity index (χ1) is 13.1. The van der Waals surface area contributed by atoms with Gasteiger partial charge in [0.05, 0.1) is 23.0 Å². The van der Waals surface area contributed by atoms with Gasteiger partial charge in [-0.1, -0.05) is 18.2 Å². The van der Waals surface area contributed by atoms with Gasteiger partial charge in [0.1, 0.15) is 0 Å². The number of carbonyl (C=O) groups excluding carboxylic acids is 1. The van der Waals surface area contributed by atoms with Crippen molar-refractivity contribution < 1.29 is 14.7 Å². The maximum atomic E-state index is 12.1. The largest absolute Gasteiger partial charge is 0.478 e. The highest BCUT2D eigenvalue weighted by molar-refractivity contribution is 6.06. The molecule has 6 nitrogen and oxygen atoms in total. The summed E-state index contributed by atoms with van der Waals surface area (Å²) in [7, 11) is 0. The molecule has 0 unspecified atom stereocenters. The number of rotatable bonds is 6. The van der Waals surface area contributed by atoms with E-state index in [1.807, 2.05) is 29.1 Å². The molecular weight excluding hydrogens is 342 g/mol. The van der Waals surface area contributed by atoms with E-state index in [1.165, 1.54) is 25.0 Å². The van der Waals surface area contributed by atoms with Crippen LogP contribution in [0, 0.1) is 5.92 Å². The molecule has 1 heterocycles. The molecule has 6 heteroatoms. The monoisotopic (exact) mass is 361 g/mol. The summed E-state index contributed by atoms with van der Waals surface area (Å²) < 4.78 is 2.04. The zero-order valence-corrected chi connectivity index (χ0v) is 14.6. The Balaban J connectivity index is 1.47. The summed E-state index contributed by atoms with van der Waals surface area (Å²) in [4.78, 5) is 23.4. The number of aromatic carboxylic acids is 1. The first kappa shape index (κ1) is 17.0. The molecule has 0 spiro atoms. The highest BCUT2D eigenvalue weighted by Gasteiger charge is 2.22. The predicted octanol–water partition coefficient (Wildman–Crippen LogP) is 3.80. The maximum Gasteiger partial charge on any atom is 0.337 e. The van der Waals surface area contributed by atoms with Crippen LogP contribution in [0.15, 0.2) is 54.7 Å². The Kier molecular flexibility index (Phi) is 4.46. The third kappa shape index (κ3) is 3.89. The van der Waals surface area contributed by atoms with Crippen LogP contribution in [-0.4, -0.2) is 26.8 Å². The Hall–Kier alpha value is -3.41. The van der Waals surface area contributed by atoms with E-state index in [0.717, 1.165) is 28.9 Å². The van der Waals surface area contributed by atoms with E-state index in [2.05, 4.69) is 10.4 Å². The van der Waals surface area contributed by atoms with Crippen molar-refractivity contribution in [3.8, 4) is 0 Å². The van der Waals surface area contributed by atoms with Gasteiger partial charge in [-0.25, -0.2) is 4.79 Å². The van der Waals surface area contributed by atoms with E-state index in [1.54, 1.807) is 24.3 Å². The summed E-state index contributed by atoms with van der Waals surface area (Å²) in [6.07, 6.45) is 7.51. The molecule has 1 aliphatic carbocycles. The van der Waals surface area contributed by atoms with Gasteiger partial charge in [0.15, 0.2) is 0 Å². The summed E-state index contributed by atoms with van der Waals surface area (Å²) in [5, 5.41) is 17.3. The molecule has 2 N–H and O–H groups in total. The lowest BCUT2D eigenvalue weighted by atomic mass is 10.1. The summed E-state index contributed by atoms with van der Waals surface area (Å²) in [5.74, 6) is -0.707. The van der Waals surface area contributed by atoms with Crippen LogP contribution in [0.5, 0.6) is 0 Å². The van der Waals surface area contributed by atoms with Gasteiger partial charge in [-0.15, -0.1) is 0 Å². The van der Waals surface area contributed by atoms with Crippen molar-refractivity contribution in [2.24, 2.45) is 5.92 Å². The second-order valence-corrected chi connectivity index (χ2v) is 6.76. The number of aromatic nitrogens is 2. The van der Waals surface area contributed by atoms with E-state index >= 15 is 0 Å². The number of carboxylic acid groups (broad SMARTS) is 1. The van der Waals surface area contributed by atoms with Crippen LogP contribution in [-0.2, 0) is 11.3 Å². The van der Waals surface area contributed by atoms with Gasteiger partial charge in [0, 0.05) is 18.0 Å². The van der Waals surface area contributed by atoms with Crippen molar-refractivity contribution >= 4 is 34.5 Å². The van der Waals surface area contributed by atoms with Crippen LogP contribution >= 0.6 is 0 Å². The van der Waals surface area contributed by atoms with E-state index < -0.39 is 5.97 Å². The number of hydrogen-bond donors (Lipinski definition) is 2. The Morgan fingerprint density at radius 1 is 1.22 bits per heavy atom. The molecule has 1 aliphatic rings. The Morgan fingerprint density at radius 2 is 2.04 bits per heavy atom. The molecule has 4 rings (SSSR count). The molecule has 3 aromatic rings. The van der Waals surface area contributed by atoms with Crippen molar-refractivity contribution in [2.45, 2.75) is 19.4 Å². The van der Waals surface area contributed by atoms with Crippen molar-refractivity contribution in [2.75, 3.05) is 5.32 Å². The highest BCUT2D eigenvalue weighted by Crippen LogP contribution is 2.31. The number of para-hydroxylation sites is 1. The molecule has 136 valence electrons. The average molecular weight is 361 g/mol. The lowest BCUT2D eigenvalue weighted by Gasteiger charge is -2.05. The van der Waals surface area contributed by atoms with Gasteiger partial charge in [-0.3, -0.25) is 9.48 Å². The number of hydrogen-bond acceptors (Lipinski definition) is 3. The molecule has 0 bridgehead atoms. The molecule has 2 aromatic carbocycles. The van der Waals surface area contributed by atoms with E-state index in [9.17, 15) is 14.7 Å². The minimum atomic E-state index is -1.08. The SMILES string of the molecule is O=C(/C=C/c1ccc2c(cnn2CC2CC2)c1)Nc1ccccc1C(=O)O. The smallest absolute Gasteiger partial charge is 0.337 e. The Morgan fingerprint density at radius 3 is 2.81 bits per heavy atom. The molecule has 0 saturated heterocycles. The summed E-state index contributed by atoms with van der Waals surface area (Å²) >= 11 is 0. The molecule has 0 atom stereocenters. The van der Waals surface area contributed by atoms with Crippen LogP contribution in [0.4, 0.5) is 5.69 Å². The van der Waals surface area contributed by atoms with Crippen molar-refractivity contribution in [3.05, 3.63) is 65.9 Å². The van der Waals surface area contributed by atoms with Gasteiger partial charge >= 0.3 is 5.97 Å². The van der Waals surface area contributed by atoms with Gasteiger partial charge in [0.2, 0.25) is 5.91 Å². The van der Waals surface area contributed by atoms with Crippen molar-refractivity contribution in [1.29, 1.82) is 0 Å². The third-order valence-corrected chi connectivity index (χ3v) is 4.64.